The van der Waals surface area contributed by atoms with Crippen LogP contribution in [0.15, 0.2) is 28.8 Å². The van der Waals surface area contributed by atoms with E-state index in [4.69, 9.17) is 4.52 Å². The second-order valence-electron chi connectivity index (χ2n) is 8.43. The fourth-order valence-electron chi connectivity index (χ4n) is 3.47. The Morgan fingerprint density at radius 3 is 2.21 bits per heavy atom. The Morgan fingerprint density at radius 1 is 1.14 bits per heavy atom. The third-order valence-electron chi connectivity index (χ3n) is 4.97. The quantitative estimate of drug-likeness (QED) is 0.735. The summed E-state index contributed by atoms with van der Waals surface area (Å²) in [5.74, 6) is -0.514. The predicted molar refractivity (Wildman–Crippen MR) is 107 cm³/mol. The van der Waals surface area contributed by atoms with Crippen molar-refractivity contribution in [1.82, 2.24) is 10.5 Å². The number of nitrogens with zero attached hydrogens (tertiary/aromatic N) is 1. The maximum Gasteiger partial charge on any atom is 0.305 e. The number of carbonyl (C=O) groups excluding carboxylic acids is 1. The highest BCUT2D eigenvalue weighted by atomic mass is 16.5. The maximum atomic E-state index is 12.6. The van der Waals surface area contributed by atoms with Gasteiger partial charge in [0.2, 0.25) is 5.91 Å². The van der Waals surface area contributed by atoms with E-state index >= 15 is 0 Å². The lowest BCUT2D eigenvalue weighted by molar-refractivity contribution is -0.137. The van der Waals surface area contributed by atoms with Crippen molar-refractivity contribution in [1.29, 1.82) is 0 Å². The Bertz CT molecular complexity index is 812. The number of aryl methyl sites for hydroxylation is 2. The van der Waals surface area contributed by atoms with Crippen LogP contribution in [0.25, 0.3) is 0 Å². The van der Waals surface area contributed by atoms with Crippen molar-refractivity contribution in [3.05, 3.63) is 52.4 Å². The zero-order valence-electron chi connectivity index (χ0n) is 17.5. The highest BCUT2D eigenvalue weighted by Crippen LogP contribution is 2.27. The van der Waals surface area contributed by atoms with E-state index in [0.29, 0.717) is 5.76 Å². The number of nitrogens with one attached hydrogen (secondary N) is 1. The van der Waals surface area contributed by atoms with Crippen molar-refractivity contribution < 1.29 is 19.2 Å². The minimum atomic E-state index is -0.955. The van der Waals surface area contributed by atoms with Crippen LogP contribution in [0.1, 0.15) is 80.6 Å². The summed E-state index contributed by atoms with van der Waals surface area (Å²) in [7, 11) is 0. The summed E-state index contributed by atoms with van der Waals surface area (Å²) >= 11 is 0. The molecule has 6 nitrogen and oxygen atoms in total. The minimum absolute atomic E-state index is 0.00779. The van der Waals surface area contributed by atoms with E-state index in [1.165, 1.54) is 0 Å². The Hall–Kier alpha value is -2.63. The largest absolute Gasteiger partial charge is 0.481 e. The molecule has 1 aromatic carbocycles. The molecule has 2 rings (SSSR count). The van der Waals surface area contributed by atoms with Crippen LogP contribution in [0.3, 0.4) is 0 Å². The molecule has 0 fully saturated rings. The lowest BCUT2D eigenvalue weighted by Gasteiger charge is -2.22. The summed E-state index contributed by atoms with van der Waals surface area (Å²) in [6.45, 7) is 12.0. The first kappa shape index (κ1) is 21.7. The molecule has 1 aromatic heterocycles. The van der Waals surface area contributed by atoms with Crippen LogP contribution in [0.4, 0.5) is 0 Å². The van der Waals surface area contributed by atoms with Gasteiger partial charge in [0.25, 0.3) is 0 Å². The van der Waals surface area contributed by atoms with Crippen molar-refractivity contribution in [3.63, 3.8) is 0 Å². The molecule has 2 aromatic rings. The van der Waals surface area contributed by atoms with Crippen LogP contribution in [0, 0.1) is 13.8 Å². The van der Waals surface area contributed by atoms with Crippen LogP contribution in [0.5, 0.6) is 0 Å². The Kier molecular flexibility index (Phi) is 6.65. The average molecular weight is 386 g/mol. The first-order chi connectivity index (χ1) is 13.0. The Labute approximate surface area is 166 Å². The average Bonchev–Trinajstić information content (AvgIpc) is 2.91. The molecule has 0 saturated carbocycles. The van der Waals surface area contributed by atoms with E-state index in [-0.39, 0.29) is 30.1 Å². The topological polar surface area (TPSA) is 92.4 Å². The highest BCUT2D eigenvalue weighted by molar-refractivity contribution is 5.78. The van der Waals surface area contributed by atoms with Crippen LogP contribution >= 0.6 is 0 Å². The van der Waals surface area contributed by atoms with Gasteiger partial charge < -0.3 is 14.9 Å². The van der Waals surface area contributed by atoms with Crippen molar-refractivity contribution in [3.8, 4) is 0 Å². The molecule has 0 aliphatic rings. The monoisotopic (exact) mass is 386 g/mol. The molecule has 2 atom stereocenters. The summed E-state index contributed by atoms with van der Waals surface area (Å²) in [4.78, 5) is 23.9. The number of hydrogen-bond donors (Lipinski definition) is 2. The first-order valence-electron chi connectivity index (χ1n) is 9.53. The van der Waals surface area contributed by atoms with Gasteiger partial charge in [0, 0.05) is 12.0 Å². The lowest BCUT2D eigenvalue weighted by atomic mass is 9.86. The maximum absolute atomic E-state index is 12.6. The molecule has 28 heavy (non-hydrogen) atoms. The van der Waals surface area contributed by atoms with Crippen molar-refractivity contribution in [2.75, 3.05) is 0 Å². The lowest BCUT2D eigenvalue weighted by Crippen LogP contribution is -2.31. The second-order valence-corrected chi connectivity index (χ2v) is 8.43. The van der Waals surface area contributed by atoms with Crippen molar-refractivity contribution in [2.45, 2.75) is 71.8 Å². The SMILES string of the molecule is Cc1noc(C)c1C(C)CC(=O)NC(CC(=O)O)c1ccc(C(C)(C)C)cc1. The zero-order valence-corrected chi connectivity index (χ0v) is 17.5. The molecular formula is C22H30N2O4. The minimum Gasteiger partial charge on any atom is -0.481 e. The predicted octanol–water partition coefficient (Wildman–Crippen LogP) is 4.41. The van der Waals surface area contributed by atoms with Gasteiger partial charge in [0.1, 0.15) is 5.76 Å². The van der Waals surface area contributed by atoms with Gasteiger partial charge in [-0.3, -0.25) is 9.59 Å². The molecule has 0 aliphatic carbocycles. The molecule has 6 heteroatoms. The van der Waals surface area contributed by atoms with Gasteiger partial charge in [-0.1, -0.05) is 57.1 Å². The molecule has 152 valence electrons. The van der Waals surface area contributed by atoms with Gasteiger partial charge >= 0.3 is 5.97 Å². The molecular weight excluding hydrogens is 356 g/mol. The molecule has 0 saturated heterocycles. The van der Waals surface area contributed by atoms with Gasteiger partial charge in [-0.05, 0) is 36.3 Å². The van der Waals surface area contributed by atoms with Gasteiger partial charge in [0.05, 0.1) is 18.2 Å². The molecule has 1 heterocycles. The van der Waals surface area contributed by atoms with E-state index in [1.807, 2.05) is 45.0 Å². The van der Waals surface area contributed by atoms with Gasteiger partial charge in [0.15, 0.2) is 0 Å². The molecule has 0 bridgehead atoms. The second kappa shape index (κ2) is 8.59. The molecule has 0 spiro atoms. The summed E-state index contributed by atoms with van der Waals surface area (Å²) in [6.07, 6.45) is 0.0688. The van der Waals surface area contributed by atoms with E-state index < -0.39 is 12.0 Å². The number of benzene rings is 1. The van der Waals surface area contributed by atoms with Gasteiger partial charge in [-0.2, -0.15) is 0 Å². The molecule has 0 radical (unpaired) electrons. The van der Waals surface area contributed by atoms with Crippen LogP contribution in [-0.4, -0.2) is 22.1 Å². The Balaban J connectivity index is 2.13. The molecule has 1 amide bonds. The fraction of sp³-hybridized carbons (Fsp3) is 0.500. The summed E-state index contributed by atoms with van der Waals surface area (Å²) < 4.78 is 5.18. The van der Waals surface area contributed by atoms with Crippen molar-refractivity contribution >= 4 is 11.9 Å². The van der Waals surface area contributed by atoms with Crippen LogP contribution in [0.2, 0.25) is 0 Å². The third-order valence-corrected chi connectivity index (χ3v) is 4.97. The standard InChI is InChI=1S/C22H30N2O4/c1-13(21-14(2)24-28-15(21)3)11-19(25)23-18(12-20(26)27)16-7-9-17(10-8-16)22(4,5)6/h7-10,13,18H,11-12H2,1-6H3,(H,23,25)(H,26,27). The molecule has 2 unspecified atom stereocenters. The van der Waals surface area contributed by atoms with E-state index in [9.17, 15) is 14.7 Å². The van der Waals surface area contributed by atoms with Crippen LogP contribution in [-0.2, 0) is 15.0 Å². The zero-order chi connectivity index (χ0) is 21.1. The number of aromatic nitrogens is 1. The van der Waals surface area contributed by atoms with Crippen molar-refractivity contribution in [2.24, 2.45) is 0 Å². The van der Waals surface area contributed by atoms with Gasteiger partial charge in [-0.15, -0.1) is 0 Å². The van der Waals surface area contributed by atoms with E-state index in [2.05, 4.69) is 31.2 Å². The van der Waals surface area contributed by atoms with E-state index in [0.717, 1.165) is 22.4 Å². The van der Waals surface area contributed by atoms with E-state index in [1.54, 1.807) is 0 Å². The number of hydrogen-bond acceptors (Lipinski definition) is 4. The third kappa shape index (κ3) is 5.44. The number of carboxylic acid groups (broad SMARTS) is 1. The molecule has 2 N–H and O–H groups in total. The smallest absolute Gasteiger partial charge is 0.305 e. The summed E-state index contributed by atoms with van der Waals surface area (Å²) in [6, 6.07) is 7.19. The van der Waals surface area contributed by atoms with Gasteiger partial charge in [-0.25, -0.2) is 0 Å². The van der Waals surface area contributed by atoms with Crippen LogP contribution < -0.4 is 5.32 Å². The molecule has 0 aliphatic heterocycles. The number of carbonyl (C=O) groups is 2. The fourth-order valence-corrected chi connectivity index (χ4v) is 3.47. The Morgan fingerprint density at radius 2 is 1.75 bits per heavy atom. The first-order valence-corrected chi connectivity index (χ1v) is 9.53. The number of amides is 1. The number of rotatable bonds is 7. The number of carboxylic acids is 1. The summed E-state index contributed by atoms with van der Waals surface area (Å²) in [5, 5.41) is 16.1. The normalized spacial score (nSPS) is 13.8. The number of aliphatic carboxylic acids is 1. The highest BCUT2D eigenvalue weighted by Gasteiger charge is 2.23. The summed E-state index contributed by atoms with van der Waals surface area (Å²) in [5.41, 5.74) is 3.66.